The van der Waals surface area contributed by atoms with Crippen LogP contribution in [-0.2, 0) is 14.8 Å². The number of H-pyrrole nitrogens is 1. The Morgan fingerprint density at radius 3 is 2.40 bits per heavy atom. The Balaban J connectivity index is 1.86. The van der Waals surface area contributed by atoms with Crippen LogP contribution in [0, 0.1) is 17.6 Å². The molecular weight excluding hydrogens is 562 g/mol. The standard InChI is InChI=1S/C28H27ClF2N4O4S/c1-4-11-40(38,39)35(28(37)25(32)15(2)3)22-10-9-21(30)23(24(22)31)26(36)20-14-34-27-19(20)12-17(13-33-27)16-5-7-18(29)8-6-16/h5-10,12-15,25H,4,11,32H2,1-3H3,(H,33,34)/t25-/m0/s1. The number of amides is 1. The van der Waals surface area contributed by atoms with E-state index in [4.69, 9.17) is 17.3 Å². The first-order chi connectivity index (χ1) is 18.9. The van der Waals surface area contributed by atoms with Crippen LogP contribution >= 0.6 is 11.6 Å². The molecule has 210 valence electrons. The predicted molar refractivity (Wildman–Crippen MR) is 151 cm³/mol. The number of anilines is 1. The zero-order chi connectivity index (χ0) is 29.4. The maximum atomic E-state index is 16.0. The number of hydrogen-bond acceptors (Lipinski definition) is 6. The number of nitrogens with one attached hydrogen (secondary N) is 1. The molecule has 0 aliphatic heterocycles. The van der Waals surface area contributed by atoms with Crippen molar-refractivity contribution in [3.8, 4) is 11.1 Å². The number of hydrogen-bond donors (Lipinski definition) is 2. The van der Waals surface area contributed by atoms with Crippen molar-refractivity contribution in [3.05, 3.63) is 82.6 Å². The van der Waals surface area contributed by atoms with E-state index in [9.17, 15) is 18.0 Å². The van der Waals surface area contributed by atoms with E-state index in [0.29, 0.717) is 16.2 Å². The maximum absolute atomic E-state index is 16.0. The molecule has 0 saturated heterocycles. The van der Waals surface area contributed by atoms with E-state index in [1.807, 2.05) is 0 Å². The fraction of sp³-hybridized carbons (Fsp3) is 0.250. The molecule has 2 aromatic heterocycles. The van der Waals surface area contributed by atoms with Crippen LogP contribution in [0.5, 0.6) is 0 Å². The van der Waals surface area contributed by atoms with Crippen molar-refractivity contribution in [1.82, 2.24) is 9.97 Å². The fourth-order valence-corrected chi connectivity index (χ4v) is 5.87. The van der Waals surface area contributed by atoms with Crippen LogP contribution in [0.25, 0.3) is 22.2 Å². The summed E-state index contributed by atoms with van der Waals surface area (Å²) in [5, 5.41) is 0.818. The summed E-state index contributed by atoms with van der Waals surface area (Å²) in [7, 11) is -4.40. The summed E-state index contributed by atoms with van der Waals surface area (Å²) in [5.41, 5.74) is 5.71. The lowest BCUT2D eigenvalue weighted by molar-refractivity contribution is -0.119. The monoisotopic (exact) mass is 588 g/mol. The first-order valence-electron chi connectivity index (χ1n) is 12.5. The number of fused-ring (bicyclic) bond motifs is 1. The van der Waals surface area contributed by atoms with Gasteiger partial charge in [0.1, 0.15) is 11.5 Å². The van der Waals surface area contributed by atoms with Gasteiger partial charge in [-0.25, -0.2) is 26.5 Å². The Morgan fingerprint density at radius 1 is 1.10 bits per heavy atom. The van der Waals surface area contributed by atoms with Gasteiger partial charge in [0.05, 0.1) is 23.0 Å². The van der Waals surface area contributed by atoms with Gasteiger partial charge >= 0.3 is 0 Å². The van der Waals surface area contributed by atoms with Crippen molar-refractivity contribution in [2.75, 3.05) is 10.1 Å². The van der Waals surface area contributed by atoms with Crippen molar-refractivity contribution < 1.29 is 26.8 Å². The van der Waals surface area contributed by atoms with Crippen LogP contribution in [0.3, 0.4) is 0 Å². The van der Waals surface area contributed by atoms with Gasteiger partial charge < -0.3 is 10.7 Å². The Bertz CT molecular complexity index is 1710. The number of nitrogens with two attached hydrogens (primary N) is 1. The molecule has 2 aromatic carbocycles. The number of aromatic amines is 1. The van der Waals surface area contributed by atoms with Crippen LogP contribution in [-0.4, -0.2) is 41.9 Å². The quantitative estimate of drug-likeness (QED) is 0.250. The topological polar surface area (TPSA) is 126 Å². The first kappa shape index (κ1) is 29.3. The van der Waals surface area contributed by atoms with Crippen molar-refractivity contribution in [2.45, 2.75) is 33.2 Å². The summed E-state index contributed by atoms with van der Waals surface area (Å²) >= 11 is 5.97. The van der Waals surface area contributed by atoms with Crippen molar-refractivity contribution in [1.29, 1.82) is 0 Å². The Hall–Kier alpha value is -3.67. The number of halogens is 3. The molecule has 0 unspecified atom stereocenters. The van der Waals surface area contributed by atoms with Crippen molar-refractivity contribution in [3.63, 3.8) is 0 Å². The lowest BCUT2D eigenvalue weighted by atomic mass is 9.99. The van der Waals surface area contributed by atoms with Crippen LogP contribution in [0.2, 0.25) is 5.02 Å². The van der Waals surface area contributed by atoms with Crippen molar-refractivity contribution in [2.24, 2.45) is 11.7 Å². The lowest BCUT2D eigenvalue weighted by Crippen LogP contribution is -2.50. The van der Waals surface area contributed by atoms with E-state index in [0.717, 1.165) is 17.7 Å². The van der Waals surface area contributed by atoms with E-state index in [1.54, 1.807) is 57.3 Å². The average molecular weight is 589 g/mol. The van der Waals surface area contributed by atoms with Gasteiger partial charge in [0.25, 0.3) is 5.91 Å². The summed E-state index contributed by atoms with van der Waals surface area (Å²) in [6.45, 7) is 4.78. The second-order valence-corrected chi connectivity index (χ2v) is 12.0. The van der Waals surface area contributed by atoms with Gasteiger partial charge in [-0.05, 0) is 48.2 Å². The SMILES string of the molecule is CCCS(=O)(=O)N(C(=O)[C@@H](N)C(C)C)c1ccc(F)c(C(=O)c2c[nH]c3ncc(-c4ccc(Cl)cc4)cc23)c1F. The number of rotatable bonds is 9. The zero-order valence-electron chi connectivity index (χ0n) is 21.9. The molecule has 3 N–H and O–H groups in total. The highest BCUT2D eigenvalue weighted by molar-refractivity contribution is 7.93. The minimum Gasteiger partial charge on any atom is -0.345 e. The van der Waals surface area contributed by atoms with Gasteiger partial charge in [0, 0.05) is 33.9 Å². The fourth-order valence-electron chi connectivity index (χ4n) is 4.21. The molecule has 2 heterocycles. The second kappa shape index (κ2) is 11.4. The van der Waals surface area contributed by atoms with Gasteiger partial charge in [0.2, 0.25) is 15.8 Å². The van der Waals surface area contributed by atoms with E-state index < -0.39 is 62.3 Å². The molecule has 0 spiro atoms. The third-order valence-electron chi connectivity index (χ3n) is 6.41. The van der Waals surface area contributed by atoms with E-state index in [1.165, 1.54) is 6.20 Å². The molecule has 40 heavy (non-hydrogen) atoms. The maximum Gasteiger partial charge on any atom is 0.257 e. The van der Waals surface area contributed by atoms with E-state index >= 15 is 8.78 Å². The molecule has 0 bridgehead atoms. The number of sulfonamides is 1. The minimum absolute atomic E-state index is 0.0959. The third kappa shape index (κ3) is 5.49. The number of carbonyl (C=O) groups excluding carboxylic acids is 2. The molecule has 4 aromatic rings. The number of benzene rings is 2. The van der Waals surface area contributed by atoms with Crippen LogP contribution < -0.4 is 10.0 Å². The van der Waals surface area contributed by atoms with Crippen molar-refractivity contribution >= 4 is 50.0 Å². The highest BCUT2D eigenvalue weighted by Gasteiger charge is 2.37. The van der Waals surface area contributed by atoms with E-state index in [-0.39, 0.29) is 21.7 Å². The number of carbonyl (C=O) groups is 2. The zero-order valence-corrected chi connectivity index (χ0v) is 23.5. The first-order valence-corrected chi connectivity index (χ1v) is 14.4. The summed E-state index contributed by atoms with van der Waals surface area (Å²) in [4.78, 5) is 33.9. The number of pyridine rings is 1. The molecule has 4 rings (SSSR count). The molecule has 8 nitrogen and oxygen atoms in total. The van der Waals surface area contributed by atoms with Crippen LogP contribution in [0.15, 0.2) is 54.9 Å². The summed E-state index contributed by atoms with van der Waals surface area (Å²) in [6.07, 6.45) is 2.96. The van der Waals surface area contributed by atoms with Gasteiger partial charge in [-0.2, -0.15) is 0 Å². The third-order valence-corrected chi connectivity index (χ3v) is 8.52. The molecule has 0 aliphatic rings. The summed E-state index contributed by atoms with van der Waals surface area (Å²) in [5.74, 6) is -5.85. The number of ketones is 1. The Labute approximate surface area is 235 Å². The largest absolute Gasteiger partial charge is 0.345 e. The molecule has 0 aliphatic carbocycles. The molecule has 12 heteroatoms. The molecule has 1 atom stereocenters. The molecule has 1 amide bonds. The second-order valence-electron chi connectivity index (χ2n) is 9.60. The Morgan fingerprint density at radius 2 is 1.77 bits per heavy atom. The summed E-state index contributed by atoms with van der Waals surface area (Å²) < 4.78 is 57.5. The van der Waals surface area contributed by atoms with Gasteiger partial charge in [-0.15, -0.1) is 0 Å². The number of nitrogens with zero attached hydrogens (tertiary/aromatic N) is 2. The van der Waals surface area contributed by atoms with Gasteiger partial charge in [-0.3, -0.25) is 9.59 Å². The van der Waals surface area contributed by atoms with Crippen LogP contribution in [0.4, 0.5) is 14.5 Å². The number of aromatic nitrogens is 2. The average Bonchev–Trinajstić information content (AvgIpc) is 3.33. The van der Waals surface area contributed by atoms with Crippen LogP contribution in [0.1, 0.15) is 43.1 Å². The highest BCUT2D eigenvalue weighted by atomic mass is 35.5. The summed E-state index contributed by atoms with van der Waals surface area (Å²) in [6, 6.07) is 8.80. The lowest BCUT2D eigenvalue weighted by Gasteiger charge is -2.27. The van der Waals surface area contributed by atoms with E-state index in [2.05, 4.69) is 9.97 Å². The smallest absolute Gasteiger partial charge is 0.257 e. The molecule has 0 saturated carbocycles. The highest BCUT2D eigenvalue weighted by Crippen LogP contribution is 2.32. The normalized spacial score (nSPS) is 12.6. The van der Waals surface area contributed by atoms with Gasteiger partial charge in [0.15, 0.2) is 5.82 Å². The molecule has 0 radical (unpaired) electrons. The van der Waals surface area contributed by atoms with Gasteiger partial charge in [-0.1, -0.05) is 44.5 Å². The minimum atomic E-state index is -4.40. The predicted octanol–water partition coefficient (Wildman–Crippen LogP) is 5.45. The molecule has 0 fully saturated rings. The Kier molecular flexibility index (Phi) is 8.38. The molecular formula is C28H27ClF2N4O4S.